The van der Waals surface area contributed by atoms with Crippen molar-refractivity contribution in [3.05, 3.63) is 29.8 Å². The van der Waals surface area contributed by atoms with Crippen LogP contribution < -0.4 is 4.74 Å². The Bertz CT molecular complexity index is 352. The van der Waals surface area contributed by atoms with Crippen LogP contribution in [0.4, 0.5) is 0 Å². The van der Waals surface area contributed by atoms with Gasteiger partial charge in [-0.05, 0) is 31.4 Å². The molecule has 0 aliphatic rings. The van der Waals surface area contributed by atoms with Crippen molar-refractivity contribution in [2.45, 2.75) is 19.8 Å². The summed E-state index contributed by atoms with van der Waals surface area (Å²) in [6.45, 7) is 2.68. The zero-order chi connectivity index (χ0) is 12.5. The third kappa shape index (κ3) is 5.84. The fourth-order valence-corrected chi connectivity index (χ4v) is 2.40. The zero-order valence-electron chi connectivity index (χ0n) is 10.2. The van der Waals surface area contributed by atoms with Gasteiger partial charge in [0.1, 0.15) is 5.75 Å². The van der Waals surface area contributed by atoms with E-state index in [9.17, 15) is 4.21 Å². The van der Waals surface area contributed by atoms with E-state index in [0.717, 1.165) is 24.2 Å². The number of hydrogen-bond acceptors (Lipinski definition) is 3. The number of aryl methyl sites for hydroxylation is 1. The standard InChI is InChI=1S/C13H20O3S/c1-12-6-2-3-7-13(12)16-9-4-5-10-17(15)11-8-14/h2-3,6-7,14H,4-5,8-11H2,1H3. The first-order valence-corrected chi connectivity index (χ1v) is 7.37. The molecule has 4 heteroatoms. The molecule has 1 aromatic rings. The second-order valence-electron chi connectivity index (χ2n) is 3.89. The largest absolute Gasteiger partial charge is 0.493 e. The maximum Gasteiger partial charge on any atom is 0.122 e. The Labute approximate surface area is 105 Å². The summed E-state index contributed by atoms with van der Waals surface area (Å²) in [5.74, 6) is 1.96. The first kappa shape index (κ1) is 14.2. The highest BCUT2D eigenvalue weighted by molar-refractivity contribution is 7.84. The smallest absolute Gasteiger partial charge is 0.122 e. The predicted molar refractivity (Wildman–Crippen MR) is 70.9 cm³/mol. The Morgan fingerprint density at radius 2 is 2.00 bits per heavy atom. The molecule has 0 radical (unpaired) electrons. The molecule has 1 atom stereocenters. The van der Waals surface area contributed by atoms with Crippen molar-refractivity contribution in [1.29, 1.82) is 0 Å². The maximum atomic E-state index is 11.2. The van der Waals surface area contributed by atoms with Crippen LogP contribution in [0.5, 0.6) is 5.75 Å². The van der Waals surface area contributed by atoms with E-state index in [1.807, 2.05) is 31.2 Å². The highest BCUT2D eigenvalue weighted by Crippen LogP contribution is 2.16. The summed E-state index contributed by atoms with van der Waals surface area (Å²) in [5, 5.41) is 8.60. The maximum absolute atomic E-state index is 11.2. The van der Waals surface area contributed by atoms with Gasteiger partial charge >= 0.3 is 0 Å². The molecule has 3 nitrogen and oxygen atoms in total. The Morgan fingerprint density at radius 3 is 2.71 bits per heavy atom. The lowest BCUT2D eigenvalue weighted by atomic mass is 10.2. The molecule has 17 heavy (non-hydrogen) atoms. The number of hydrogen-bond donors (Lipinski definition) is 1. The topological polar surface area (TPSA) is 46.5 Å². The van der Waals surface area contributed by atoms with E-state index in [4.69, 9.17) is 9.84 Å². The molecule has 1 aromatic carbocycles. The number of benzene rings is 1. The van der Waals surface area contributed by atoms with E-state index in [0.29, 0.717) is 18.1 Å². The van der Waals surface area contributed by atoms with Crippen molar-refractivity contribution < 1.29 is 14.1 Å². The minimum atomic E-state index is -0.878. The fourth-order valence-electron chi connectivity index (χ4n) is 1.47. The molecule has 1 rings (SSSR count). The zero-order valence-corrected chi connectivity index (χ0v) is 11.0. The van der Waals surface area contributed by atoms with Gasteiger partial charge in [-0.1, -0.05) is 18.2 Å². The summed E-state index contributed by atoms with van der Waals surface area (Å²) in [6.07, 6.45) is 1.77. The van der Waals surface area contributed by atoms with Crippen LogP contribution in [0.3, 0.4) is 0 Å². The first-order chi connectivity index (χ1) is 8.24. The third-order valence-corrected chi connectivity index (χ3v) is 3.82. The van der Waals surface area contributed by atoms with Crippen LogP contribution >= 0.6 is 0 Å². The average molecular weight is 256 g/mol. The summed E-state index contributed by atoms with van der Waals surface area (Å²) in [4.78, 5) is 0. The molecular weight excluding hydrogens is 236 g/mol. The van der Waals surface area contributed by atoms with E-state index in [1.54, 1.807) is 0 Å². The third-order valence-electron chi connectivity index (χ3n) is 2.44. The number of aliphatic hydroxyl groups is 1. The average Bonchev–Trinajstić information content (AvgIpc) is 2.31. The Kier molecular flexibility index (Phi) is 6.89. The van der Waals surface area contributed by atoms with Crippen molar-refractivity contribution in [1.82, 2.24) is 0 Å². The van der Waals surface area contributed by atoms with Gasteiger partial charge in [-0.3, -0.25) is 4.21 Å². The molecule has 0 bridgehead atoms. The minimum absolute atomic E-state index is 0.00627. The van der Waals surface area contributed by atoms with Crippen molar-refractivity contribution >= 4 is 10.8 Å². The highest BCUT2D eigenvalue weighted by Gasteiger charge is 2.00. The molecule has 1 unspecified atom stereocenters. The van der Waals surface area contributed by atoms with Crippen LogP contribution in [0, 0.1) is 6.92 Å². The molecule has 96 valence electrons. The molecule has 0 spiro atoms. The van der Waals surface area contributed by atoms with Gasteiger partial charge < -0.3 is 9.84 Å². The molecular formula is C13H20O3S. The van der Waals surface area contributed by atoms with E-state index in [2.05, 4.69) is 0 Å². The predicted octanol–water partition coefficient (Wildman–Crippen LogP) is 1.90. The molecule has 0 aromatic heterocycles. The lowest BCUT2D eigenvalue weighted by Gasteiger charge is -2.08. The van der Waals surface area contributed by atoms with Gasteiger partial charge in [-0.2, -0.15) is 0 Å². The Balaban J connectivity index is 2.13. The molecule has 0 saturated heterocycles. The summed E-state index contributed by atoms with van der Waals surface area (Å²) in [5.41, 5.74) is 1.14. The van der Waals surface area contributed by atoms with Crippen LogP contribution in [0.25, 0.3) is 0 Å². The molecule has 0 aliphatic heterocycles. The summed E-state index contributed by atoms with van der Waals surface area (Å²) >= 11 is 0. The van der Waals surface area contributed by atoms with E-state index in [1.165, 1.54) is 0 Å². The molecule has 0 aliphatic carbocycles. The molecule has 0 heterocycles. The quantitative estimate of drug-likeness (QED) is 0.723. The van der Waals surface area contributed by atoms with Crippen LogP contribution in [-0.4, -0.2) is 34.0 Å². The van der Waals surface area contributed by atoms with Gasteiger partial charge in [0.15, 0.2) is 0 Å². The lowest BCUT2D eigenvalue weighted by Crippen LogP contribution is -2.07. The Hall–Kier alpha value is -0.870. The van der Waals surface area contributed by atoms with Crippen molar-refractivity contribution in [3.63, 3.8) is 0 Å². The van der Waals surface area contributed by atoms with Gasteiger partial charge in [-0.25, -0.2) is 0 Å². The SMILES string of the molecule is Cc1ccccc1OCCCCS(=O)CCO. The van der Waals surface area contributed by atoms with Crippen LogP contribution in [0.1, 0.15) is 18.4 Å². The normalized spacial score (nSPS) is 12.4. The van der Waals surface area contributed by atoms with E-state index < -0.39 is 10.8 Å². The number of para-hydroxylation sites is 1. The van der Waals surface area contributed by atoms with Gasteiger partial charge in [-0.15, -0.1) is 0 Å². The first-order valence-electron chi connectivity index (χ1n) is 5.88. The molecule has 0 fully saturated rings. The number of aliphatic hydroxyl groups excluding tert-OH is 1. The van der Waals surface area contributed by atoms with Crippen molar-refractivity contribution in [3.8, 4) is 5.75 Å². The molecule has 1 N–H and O–H groups in total. The lowest BCUT2D eigenvalue weighted by molar-refractivity contribution is 0.307. The number of ether oxygens (including phenoxy) is 1. The second kappa shape index (κ2) is 8.25. The molecule has 0 saturated carbocycles. The number of rotatable bonds is 8. The van der Waals surface area contributed by atoms with Crippen molar-refractivity contribution in [2.75, 3.05) is 24.7 Å². The molecule has 0 amide bonds. The van der Waals surface area contributed by atoms with Crippen LogP contribution in [-0.2, 0) is 10.8 Å². The van der Waals surface area contributed by atoms with Crippen LogP contribution in [0.2, 0.25) is 0 Å². The van der Waals surface area contributed by atoms with Gasteiger partial charge in [0, 0.05) is 22.3 Å². The van der Waals surface area contributed by atoms with Gasteiger partial charge in [0.05, 0.1) is 13.2 Å². The number of unbranched alkanes of at least 4 members (excludes halogenated alkanes) is 1. The Morgan fingerprint density at radius 1 is 1.24 bits per heavy atom. The minimum Gasteiger partial charge on any atom is -0.493 e. The highest BCUT2D eigenvalue weighted by atomic mass is 32.2. The summed E-state index contributed by atoms with van der Waals surface area (Å²) < 4.78 is 16.9. The van der Waals surface area contributed by atoms with Crippen molar-refractivity contribution in [2.24, 2.45) is 0 Å². The van der Waals surface area contributed by atoms with Gasteiger partial charge in [0.2, 0.25) is 0 Å². The fraction of sp³-hybridized carbons (Fsp3) is 0.538. The summed E-state index contributed by atoms with van der Waals surface area (Å²) in [6, 6.07) is 7.92. The second-order valence-corrected chi connectivity index (χ2v) is 5.59. The van der Waals surface area contributed by atoms with E-state index >= 15 is 0 Å². The van der Waals surface area contributed by atoms with Crippen LogP contribution in [0.15, 0.2) is 24.3 Å². The monoisotopic (exact) mass is 256 g/mol. The summed E-state index contributed by atoms with van der Waals surface area (Å²) in [7, 11) is -0.878. The van der Waals surface area contributed by atoms with E-state index in [-0.39, 0.29) is 6.61 Å². The van der Waals surface area contributed by atoms with Gasteiger partial charge in [0.25, 0.3) is 0 Å².